The molecule has 528 valence electrons. The number of unbranched alkanes of at least 4 members (excludes halogenated alkanes) is 39. The lowest BCUT2D eigenvalue weighted by molar-refractivity contribution is -0.161. The number of rotatable bonds is 69. The highest BCUT2D eigenvalue weighted by Gasteiger charge is 2.30. The Labute approximate surface area is 543 Å². The second-order valence-electron chi connectivity index (χ2n) is 26.2. The number of hydrogen-bond donors (Lipinski definition) is 3. The Balaban J connectivity index is 5.25. The third-order valence-corrected chi connectivity index (χ3v) is 18.1. The van der Waals surface area contributed by atoms with Gasteiger partial charge < -0.3 is 33.8 Å². The summed E-state index contributed by atoms with van der Waals surface area (Å²) in [5, 5.41) is 10.6. The van der Waals surface area contributed by atoms with Crippen molar-refractivity contribution in [3.8, 4) is 0 Å². The highest BCUT2D eigenvalue weighted by Crippen LogP contribution is 2.45. The minimum absolute atomic E-state index is 0.104. The van der Waals surface area contributed by atoms with Crippen molar-refractivity contribution < 1.29 is 80.2 Å². The lowest BCUT2D eigenvalue weighted by Gasteiger charge is -2.21. The molecule has 19 heteroatoms. The molecule has 0 aliphatic carbocycles. The first kappa shape index (κ1) is 87.1. The molecule has 0 aliphatic rings. The fourth-order valence-corrected chi connectivity index (χ4v) is 12.2. The molecule has 0 saturated carbocycles. The van der Waals surface area contributed by atoms with E-state index in [2.05, 4.69) is 41.5 Å². The van der Waals surface area contributed by atoms with Crippen molar-refractivity contribution in [1.29, 1.82) is 0 Å². The van der Waals surface area contributed by atoms with Crippen LogP contribution in [0.1, 0.15) is 356 Å². The van der Waals surface area contributed by atoms with Crippen molar-refractivity contribution in [3.05, 3.63) is 0 Å². The lowest BCUT2D eigenvalue weighted by atomic mass is 10.0. The highest BCUT2D eigenvalue weighted by molar-refractivity contribution is 7.47. The molecule has 17 nitrogen and oxygen atoms in total. The Morgan fingerprint density at radius 2 is 0.517 bits per heavy atom. The molecule has 0 aromatic carbocycles. The second-order valence-corrected chi connectivity index (χ2v) is 29.1. The summed E-state index contributed by atoms with van der Waals surface area (Å²) in [5.41, 5.74) is 0. The van der Waals surface area contributed by atoms with Gasteiger partial charge in [0.2, 0.25) is 0 Å². The maximum atomic E-state index is 13.0. The van der Waals surface area contributed by atoms with Crippen LogP contribution >= 0.6 is 15.6 Å². The summed E-state index contributed by atoms with van der Waals surface area (Å²) in [6.45, 7) is 9.46. The third-order valence-electron chi connectivity index (χ3n) is 16.2. The van der Waals surface area contributed by atoms with E-state index in [4.69, 9.17) is 37.0 Å². The summed E-state index contributed by atoms with van der Waals surface area (Å²) in [4.78, 5) is 72.5. The van der Waals surface area contributed by atoms with Crippen molar-refractivity contribution in [2.45, 2.75) is 374 Å². The number of aliphatic hydroxyl groups is 1. The molecule has 0 saturated heterocycles. The van der Waals surface area contributed by atoms with Crippen molar-refractivity contribution in [2.24, 2.45) is 11.8 Å². The molecule has 2 unspecified atom stereocenters. The van der Waals surface area contributed by atoms with E-state index >= 15 is 0 Å². The van der Waals surface area contributed by atoms with Crippen LogP contribution < -0.4 is 0 Å². The van der Waals surface area contributed by atoms with Crippen LogP contribution in [-0.4, -0.2) is 96.7 Å². The van der Waals surface area contributed by atoms with E-state index in [0.717, 1.165) is 102 Å². The number of phosphoric acid groups is 2. The molecule has 0 bridgehead atoms. The molecule has 5 atom stereocenters. The third kappa shape index (κ3) is 64.6. The van der Waals surface area contributed by atoms with Crippen molar-refractivity contribution >= 4 is 39.5 Å². The Morgan fingerprint density at radius 1 is 0.303 bits per heavy atom. The number of phosphoric ester groups is 2. The number of carbonyl (C=O) groups is 4. The van der Waals surface area contributed by atoms with Gasteiger partial charge in [0.05, 0.1) is 26.4 Å². The molecule has 0 fully saturated rings. The Morgan fingerprint density at radius 3 is 0.764 bits per heavy atom. The van der Waals surface area contributed by atoms with Crippen LogP contribution in [0.25, 0.3) is 0 Å². The first-order chi connectivity index (χ1) is 42.9. The molecule has 0 heterocycles. The van der Waals surface area contributed by atoms with Crippen LogP contribution in [0.2, 0.25) is 0 Å². The van der Waals surface area contributed by atoms with E-state index in [1.807, 2.05) is 0 Å². The van der Waals surface area contributed by atoms with E-state index in [0.29, 0.717) is 31.6 Å². The number of hydrogen-bond acceptors (Lipinski definition) is 15. The SMILES string of the molecule is CCCCCCCCCCCCCCCCC(=O)OC[C@H](COP(=O)(O)OC[C@@H](O)COP(=O)(O)OC[C@@H](COC(=O)CCCCCCCCCC(C)C)OC(=O)CCCCCCCCCCC(C)C)OC(=O)CCCCCCCCCCCCCCCC. The predicted octanol–water partition coefficient (Wildman–Crippen LogP) is 20.0. The molecular weight excluding hydrogens is 1170 g/mol. The monoisotopic (exact) mass is 1310 g/mol. The molecule has 0 spiro atoms. The van der Waals surface area contributed by atoms with Gasteiger partial charge in [0.25, 0.3) is 0 Å². The topological polar surface area (TPSA) is 237 Å². The quantitative estimate of drug-likeness (QED) is 0.0222. The first-order valence-electron chi connectivity index (χ1n) is 36.5. The van der Waals surface area contributed by atoms with Gasteiger partial charge in [-0.05, 0) is 37.5 Å². The standard InChI is InChI=1S/C70H136O17P2/c1-7-9-11-13-15-17-19-21-23-25-27-34-40-46-52-67(72)80-58-65(86-69(74)54-48-42-35-28-26-24-22-20-18-16-14-12-10-8-2)60-84-88(76,77)82-56-64(71)57-83-89(78,79)85-61-66(59-81-68(73)53-47-41-37-31-33-39-45-51-63(5)6)87-70(75)55-49-43-36-30-29-32-38-44-50-62(3)4/h62-66,71H,7-61H2,1-6H3,(H,76,77)(H,78,79)/t64-,65-,66-/m1/s1. The summed E-state index contributed by atoms with van der Waals surface area (Å²) < 4.78 is 68.3. The number of carbonyl (C=O) groups excluding carboxylic acids is 4. The van der Waals surface area contributed by atoms with Gasteiger partial charge in [-0.25, -0.2) is 9.13 Å². The van der Waals surface area contributed by atoms with Gasteiger partial charge >= 0.3 is 39.5 Å². The second kappa shape index (κ2) is 62.2. The molecule has 0 amide bonds. The van der Waals surface area contributed by atoms with Gasteiger partial charge in [-0.15, -0.1) is 0 Å². The minimum atomic E-state index is -4.95. The minimum Gasteiger partial charge on any atom is -0.462 e. The predicted molar refractivity (Wildman–Crippen MR) is 358 cm³/mol. The average molecular weight is 1310 g/mol. The van der Waals surface area contributed by atoms with Crippen LogP contribution in [0.4, 0.5) is 0 Å². The number of ether oxygens (including phenoxy) is 4. The van der Waals surface area contributed by atoms with E-state index in [1.54, 1.807) is 0 Å². The van der Waals surface area contributed by atoms with Crippen LogP contribution in [0.5, 0.6) is 0 Å². The number of aliphatic hydroxyl groups excluding tert-OH is 1. The average Bonchev–Trinajstić information content (AvgIpc) is 3.71. The van der Waals surface area contributed by atoms with E-state index in [-0.39, 0.29) is 25.7 Å². The zero-order chi connectivity index (χ0) is 65.7. The van der Waals surface area contributed by atoms with E-state index in [9.17, 15) is 43.2 Å². The van der Waals surface area contributed by atoms with Crippen LogP contribution in [0, 0.1) is 11.8 Å². The maximum absolute atomic E-state index is 13.0. The normalized spacial score (nSPS) is 14.1. The molecule has 0 radical (unpaired) electrons. The van der Waals surface area contributed by atoms with Crippen LogP contribution in [0.3, 0.4) is 0 Å². The fraction of sp³-hybridized carbons (Fsp3) is 0.943. The molecular formula is C70H136O17P2. The molecule has 89 heavy (non-hydrogen) atoms. The van der Waals surface area contributed by atoms with Crippen LogP contribution in [-0.2, 0) is 65.4 Å². The summed E-state index contributed by atoms with van der Waals surface area (Å²) >= 11 is 0. The highest BCUT2D eigenvalue weighted by atomic mass is 31.2. The van der Waals surface area contributed by atoms with Gasteiger partial charge in [0.1, 0.15) is 19.3 Å². The van der Waals surface area contributed by atoms with Crippen molar-refractivity contribution in [1.82, 2.24) is 0 Å². The Bertz CT molecular complexity index is 1730. The molecule has 0 aromatic rings. The summed E-state index contributed by atoms with van der Waals surface area (Å²) in [6, 6.07) is 0. The van der Waals surface area contributed by atoms with Crippen LogP contribution in [0.15, 0.2) is 0 Å². The Hall–Kier alpha value is -1.94. The van der Waals surface area contributed by atoms with Gasteiger partial charge in [0.15, 0.2) is 12.2 Å². The maximum Gasteiger partial charge on any atom is 0.472 e. The molecule has 0 aromatic heterocycles. The van der Waals surface area contributed by atoms with Crippen molar-refractivity contribution in [2.75, 3.05) is 39.6 Å². The first-order valence-corrected chi connectivity index (χ1v) is 39.5. The zero-order valence-electron chi connectivity index (χ0n) is 57.7. The molecule has 0 rings (SSSR count). The number of esters is 4. The van der Waals surface area contributed by atoms with Gasteiger partial charge in [-0.3, -0.25) is 37.3 Å². The van der Waals surface area contributed by atoms with Gasteiger partial charge in [-0.1, -0.05) is 305 Å². The van der Waals surface area contributed by atoms with Gasteiger partial charge in [-0.2, -0.15) is 0 Å². The smallest absolute Gasteiger partial charge is 0.462 e. The summed E-state index contributed by atoms with van der Waals surface area (Å²) in [7, 11) is -9.90. The van der Waals surface area contributed by atoms with E-state index < -0.39 is 97.5 Å². The zero-order valence-corrected chi connectivity index (χ0v) is 59.5. The summed E-state index contributed by atoms with van der Waals surface area (Å²) in [5.74, 6) is -0.701. The summed E-state index contributed by atoms with van der Waals surface area (Å²) in [6.07, 6.45) is 47.2. The van der Waals surface area contributed by atoms with E-state index in [1.165, 1.54) is 167 Å². The Kier molecular flexibility index (Phi) is 60.8. The fourth-order valence-electron chi connectivity index (χ4n) is 10.6. The molecule has 3 N–H and O–H groups in total. The van der Waals surface area contributed by atoms with Gasteiger partial charge in [0, 0.05) is 25.7 Å². The van der Waals surface area contributed by atoms with Crippen molar-refractivity contribution in [3.63, 3.8) is 0 Å². The largest absolute Gasteiger partial charge is 0.472 e. The molecule has 0 aliphatic heterocycles. The lowest BCUT2D eigenvalue weighted by Crippen LogP contribution is -2.30.